The zero-order valence-corrected chi connectivity index (χ0v) is 10.8. The average Bonchev–Trinajstić information content (AvgIpc) is 2.95. The molecule has 0 unspecified atom stereocenters. The van der Waals surface area contributed by atoms with Gasteiger partial charge in [0.25, 0.3) is 0 Å². The second-order valence-electron chi connectivity index (χ2n) is 5.10. The number of hydrogen-bond acceptors (Lipinski definition) is 2. The highest BCUT2D eigenvalue weighted by Crippen LogP contribution is 2.32. The first-order valence-corrected chi connectivity index (χ1v) is 6.73. The Balaban J connectivity index is 1.92. The van der Waals surface area contributed by atoms with Crippen LogP contribution in [0.4, 0.5) is 13.2 Å². The summed E-state index contributed by atoms with van der Waals surface area (Å²) in [6.07, 6.45) is 5.54. The monoisotopic (exact) mass is 281 g/mol. The molecule has 106 valence electrons. The number of aromatic nitrogens is 3. The number of hydrogen-bond donors (Lipinski definition) is 1. The number of nitrogens with one attached hydrogen (secondary N) is 1. The van der Waals surface area contributed by atoms with Crippen molar-refractivity contribution in [1.82, 2.24) is 15.2 Å². The van der Waals surface area contributed by atoms with E-state index >= 15 is 0 Å². The van der Waals surface area contributed by atoms with Crippen molar-refractivity contribution in [2.45, 2.75) is 38.0 Å². The lowest BCUT2D eigenvalue weighted by Crippen LogP contribution is -2.06. The van der Waals surface area contributed by atoms with Gasteiger partial charge in [0.1, 0.15) is 5.82 Å². The molecule has 0 atom stereocenters. The fraction of sp³-hybridized carbons (Fsp3) is 0.429. The molecule has 1 aromatic carbocycles. The van der Waals surface area contributed by atoms with Crippen LogP contribution in [0.5, 0.6) is 0 Å². The molecule has 3 rings (SSSR count). The van der Waals surface area contributed by atoms with Gasteiger partial charge >= 0.3 is 0 Å². The van der Waals surface area contributed by atoms with Crippen LogP contribution in [0.1, 0.15) is 43.8 Å². The number of rotatable bonds is 2. The standard InChI is InChI=1S/C14H14F3N3/c15-10-7-6-9(11(16)12(10)17)14-18-13(19-20-14)8-4-2-1-3-5-8/h6-8H,1-5H2,(H,18,19,20). The molecule has 0 amide bonds. The van der Waals surface area contributed by atoms with E-state index in [1.807, 2.05) is 0 Å². The van der Waals surface area contributed by atoms with Crippen LogP contribution in [0.25, 0.3) is 11.4 Å². The maximum atomic E-state index is 13.7. The molecule has 1 aliphatic carbocycles. The SMILES string of the molecule is Fc1ccc(-c2n[nH]c(C3CCCCC3)n2)c(F)c1F. The zero-order chi connectivity index (χ0) is 14.1. The maximum Gasteiger partial charge on any atom is 0.195 e. The van der Waals surface area contributed by atoms with Crippen LogP contribution >= 0.6 is 0 Å². The Labute approximate surface area is 114 Å². The first kappa shape index (κ1) is 13.1. The Morgan fingerprint density at radius 3 is 2.50 bits per heavy atom. The minimum absolute atomic E-state index is 0.0713. The van der Waals surface area contributed by atoms with Crippen molar-refractivity contribution < 1.29 is 13.2 Å². The summed E-state index contributed by atoms with van der Waals surface area (Å²) in [6, 6.07) is 2.03. The molecular formula is C14H14F3N3. The molecule has 0 saturated heterocycles. The van der Waals surface area contributed by atoms with E-state index in [0.29, 0.717) is 11.7 Å². The summed E-state index contributed by atoms with van der Waals surface area (Å²) in [7, 11) is 0. The van der Waals surface area contributed by atoms with Gasteiger partial charge in [-0.3, -0.25) is 5.10 Å². The summed E-state index contributed by atoms with van der Waals surface area (Å²) in [4.78, 5) is 4.24. The van der Waals surface area contributed by atoms with Gasteiger partial charge in [-0.05, 0) is 25.0 Å². The third-order valence-electron chi connectivity index (χ3n) is 3.77. The smallest absolute Gasteiger partial charge is 0.195 e. The van der Waals surface area contributed by atoms with Crippen molar-refractivity contribution in [3.63, 3.8) is 0 Å². The van der Waals surface area contributed by atoms with E-state index in [2.05, 4.69) is 15.2 Å². The Kier molecular flexibility index (Phi) is 3.46. The normalized spacial score (nSPS) is 16.6. The van der Waals surface area contributed by atoms with Crippen LogP contribution in [-0.4, -0.2) is 15.2 Å². The van der Waals surface area contributed by atoms with Gasteiger partial charge in [0.15, 0.2) is 23.3 Å². The minimum atomic E-state index is -1.49. The van der Waals surface area contributed by atoms with Crippen molar-refractivity contribution in [1.29, 1.82) is 0 Å². The molecule has 6 heteroatoms. The lowest BCUT2D eigenvalue weighted by molar-refractivity contribution is 0.429. The second-order valence-corrected chi connectivity index (χ2v) is 5.10. The van der Waals surface area contributed by atoms with E-state index in [9.17, 15) is 13.2 Å². The van der Waals surface area contributed by atoms with Gasteiger partial charge in [-0.2, -0.15) is 5.10 Å². The van der Waals surface area contributed by atoms with Crippen LogP contribution in [0.15, 0.2) is 12.1 Å². The lowest BCUT2D eigenvalue weighted by atomic mass is 9.89. The van der Waals surface area contributed by atoms with Gasteiger partial charge in [-0.25, -0.2) is 18.2 Å². The third-order valence-corrected chi connectivity index (χ3v) is 3.77. The van der Waals surface area contributed by atoms with E-state index in [4.69, 9.17) is 0 Å². The Morgan fingerprint density at radius 1 is 1.00 bits per heavy atom. The molecular weight excluding hydrogens is 267 g/mol. The fourth-order valence-electron chi connectivity index (χ4n) is 2.65. The quantitative estimate of drug-likeness (QED) is 0.847. The number of halogens is 3. The Hall–Kier alpha value is -1.85. The van der Waals surface area contributed by atoms with Crippen molar-refractivity contribution in [2.75, 3.05) is 0 Å². The van der Waals surface area contributed by atoms with Crippen molar-refractivity contribution >= 4 is 0 Å². The summed E-state index contributed by atoms with van der Waals surface area (Å²) in [5.41, 5.74) is -0.123. The van der Waals surface area contributed by atoms with Gasteiger partial charge in [0.2, 0.25) is 0 Å². The van der Waals surface area contributed by atoms with E-state index in [0.717, 1.165) is 37.8 Å². The Morgan fingerprint density at radius 2 is 1.75 bits per heavy atom. The molecule has 0 bridgehead atoms. The average molecular weight is 281 g/mol. The largest absolute Gasteiger partial charge is 0.262 e. The number of nitrogens with zero attached hydrogens (tertiary/aromatic N) is 2. The van der Waals surface area contributed by atoms with Gasteiger partial charge < -0.3 is 0 Å². The van der Waals surface area contributed by atoms with E-state index in [1.54, 1.807) is 0 Å². The predicted molar refractivity (Wildman–Crippen MR) is 67.5 cm³/mol. The van der Waals surface area contributed by atoms with Crippen LogP contribution in [0.3, 0.4) is 0 Å². The van der Waals surface area contributed by atoms with Crippen molar-refractivity contribution in [3.8, 4) is 11.4 Å². The van der Waals surface area contributed by atoms with E-state index in [1.165, 1.54) is 6.42 Å². The van der Waals surface area contributed by atoms with Crippen molar-refractivity contribution in [2.24, 2.45) is 0 Å². The van der Waals surface area contributed by atoms with Crippen LogP contribution < -0.4 is 0 Å². The number of benzene rings is 1. The molecule has 1 fully saturated rings. The molecule has 0 radical (unpaired) electrons. The highest BCUT2D eigenvalue weighted by atomic mass is 19.2. The first-order chi connectivity index (χ1) is 9.66. The summed E-state index contributed by atoms with van der Waals surface area (Å²) in [5, 5.41) is 6.72. The topological polar surface area (TPSA) is 41.6 Å². The summed E-state index contributed by atoms with van der Waals surface area (Å²) in [6.45, 7) is 0. The highest BCUT2D eigenvalue weighted by molar-refractivity contribution is 5.55. The molecule has 20 heavy (non-hydrogen) atoms. The lowest BCUT2D eigenvalue weighted by Gasteiger charge is -2.18. The third kappa shape index (κ3) is 2.30. The predicted octanol–water partition coefficient (Wildman–Crippen LogP) is 3.94. The van der Waals surface area contributed by atoms with Crippen LogP contribution in [-0.2, 0) is 0 Å². The summed E-state index contributed by atoms with van der Waals surface area (Å²) < 4.78 is 39.8. The zero-order valence-electron chi connectivity index (χ0n) is 10.8. The molecule has 1 aliphatic rings. The summed E-state index contributed by atoms with van der Waals surface area (Å²) >= 11 is 0. The molecule has 1 heterocycles. The maximum absolute atomic E-state index is 13.7. The second kappa shape index (κ2) is 5.26. The fourth-order valence-corrected chi connectivity index (χ4v) is 2.65. The molecule has 3 nitrogen and oxygen atoms in total. The van der Waals surface area contributed by atoms with E-state index < -0.39 is 17.5 Å². The minimum Gasteiger partial charge on any atom is -0.262 e. The molecule has 1 N–H and O–H groups in total. The Bertz CT molecular complexity index is 618. The molecule has 0 spiro atoms. The van der Waals surface area contributed by atoms with Gasteiger partial charge in [0, 0.05) is 5.92 Å². The molecule has 2 aromatic rings. The van der Waals surface area contributed by atoms with Crippen LogP contribution in [0, 0.1) is 17.5 Å². The van der Waals surface area contributed by atoms with Gasteiger partial charge in [-0.1, -0.05) is 19.3 Å². The molecule has 1 aromatic heterocycles. The van der Waals surface area contributed by atoms with Gasteiger partial charge in [-0.15, -0.1) is 0 Å². The van der Waals surface area contributed by atoms with Crippen LogP contribution in [0.2, 0.25) is 0 Å². The van der Waals surface area contributed by atoms with Gasteiger partial charge in [0.05, 0.1) is 5.56 Å². The summed E-state index contributed by atoms with van der Waals surface area (Å²) in [5.74, 6) is -2.90. The highest BCUT2D eigenvalue weighted by Gasteiger charge is 2.22. The first-order valence-electron chi connectivity index (χ1n) is 6.73. The molecule has 1 saturated carbocycles. The number of aromatic amines is 1. The van der Waals surface area contributed by atoms with E-state index in [-0.39, 0.29) is 11.4 Å². The molecule has 0 aliphatic heterocycles. The van der Waals surface area contributed by atoms with Crippen molar-refractivity contribution in [3.05, 3.63) is 35.4 Å². The number of H-pyrrole nitrogens is 1.